The van der Waals surface area contributed by atoms with Crippen molar-refractivity contribution in [1.82, 2.24) is 20.5 Å². The Labute approximate surface area is 124 Å². The summed E-state index contributed by atoms with van der Waals surface area (Å²) in [5.74, 6) is 1.17. The first-order valence-electron chi connectivity index (χ1n) is 7.25. The maximum absolute atomic E-state index is 11.8. The quantitative estimate of drug-likeness (QED) is 0.845. The molecule has 6 heteroatoms. The molecule has 0 aliphatic carbocycles. The molecule has 112 valence electrons. The van der Waals surface area contributed by atoms with Crippen LogP contribution in [0.5, 0.6) is 0 Å². The third-order valence-electron chi connectivity index (χ3n) is 3.39. The van der Waals surface area contributed by atoms with Crippen LogP contribution in [0.2, 0.25) is 0 Å². The zero-order chi connectivity index (χ0) is 15.1. The van der Waals surface area contributed by atoms with E-state index in [2.05, 4.69) is 20.5 Å². The Morgan fingerprint density at radius 1 is 1.24 bits per heavy atom. The number of nitrogens with one attached hydrogen (secondary N) is 1. The highest BCUT2D eigenvalue weighted by Crippen LogP contribution is 2.16. The van der Waals surface area contributed by atoms with Gasteiger partial charge in [-0.05, 0) is 25.0 Å². The van der Waals surface area contributed by atoms with Crippen molar-refractivity contribution in [3.05, 3.63) is 30.4 Å². The number of aromatic nitrogens is 3. The van der Waals surface area contributed by atoms with Gasteiger partial charge in [0.25, 0.3) is 0 Å². The lowest BCUT2D eigenvalue weighted by Gasteiger charge is -2.11. The van der Waals surface area contributed by atoms with Crippen LogP contribution in [-0.2, 0) is 11.2 Å². The van der Waals surface area contributed by atoms with E-state index >= 15 is 0 Å². The average Bonchev–Trinajstić information content (AvgIpc) is 2.98. The molecule has 2 heterocycles. The first-order chi connectivity index (χ1) is 10.2. The van der Waals surface area contributed by atoms with E-state index in [1.165, 1.54) is 0 Å². The van der Waals surface area contributed by atoms with Crippen LogP contribution in [-0.4, -0.2) is 27.6 Å². The lowest BCUT2D eigenvalue weighted by molar-refractivity contribution is -0.125. The van der Waals surface area contributed by atoms with Crippen molar-refractivity contribution < 1.29 is 9.21 Å². The number of carbonyl (C=O) groups is 1. The molecule has 0 unspecified atom stereocenters. The molecule has 0 atom stereocenters. The van der Waals surface area contributed by atoms with Crippen LogP contribution >= 0.6 is 0 Å². The molecule has 0 aromatic carbocycles. The van der Waals surface area contributed by atoms with Crippen molar-refractivity contribution in [2.24, 2.45) is 5.92 Å². The Morgan fingerprint density at radius 3 is 2.62 bits per heavy atom. The summed E-state index contributed by atoms with van der Waals surface area (Å²) in [6.07, 6.45) is 5.60. The minimum atomic E-state index is 0.0834. The molecule has 2 aromatic rings. The molecule has 0 aliphatic heterocycles. The second-order valence-electron chi connectivity index (χ2n) is 4.79. The average molecular weight is 288 g/mol. The van der Waals surface area contributed by atoms with Gasteiger partial charge in [-0.25, -0.2) is 0 Å². The van der Waals surface area contributed by atoms with Crippen LogP contribution in [0.1, 0.15) is 32.6 Å². The molecule has 2 aromatic heterocycles. The van der Waals surface area contributed by atoms with Gasteiger partial charge in [-0.3, -0.25) is 9.78 Å². The fourth-order valence-electron chi connectivity index (χ4n) is 2.06. The summed E-state index contributed by atoms with van der Waals surface area (Å²) in [6, 6.07) is 3.62. The zero-order valence-corrected chi connectivity index (χ0v) is 12.4. The Kier molecular flexibility index (Phi) is 5.43. The van der Waals surface area contributed by atoms with E-state index in [9.17, 15) is 4.79 Å². The van der Waals surface area contributed by atoms with E-state index in [0.29, 0.717) is 24.7 Å². The zero-order valence-electron chi connectivity index (χ0n) is 12.4. The minimum absolute atomic E-state index is 0.0834. The van der Waals surface area contributed by atoms with Crippen molar-refractivity contribution in [1.29, 1.82) is 0 Å². The van der Waals surface area contributed by atoms with Gasteiger partial charge in [0.2, 0.25) is 17.7 Å². The summed E-state index contributed by atoms with van der Waals surface area (Å²) in [7, 11) is 0. The van der Waals surface area contributed by atoms with Crippen LogP contribution < -0.4 is 5.32 Å². The maximum Gasteiger partial charge on any atom is 0.247 e. The maximum atomic E-state index is 11.8. The van der Waals surface area contributed by atoms with Crippen LogP contribution in [0.25, 0.3) is 11.5 Å². The Morgan fingerprint density at radius 2 is 1.95 bits per heavy atom. The summed E-state index contributed by atoms with van der Waals surface area (Å²) in [4.78, 5) is 15.8. The van der Waals surface area contributed by atoms with Gasteiger partial charge < -0.3 is 9.73 Å². The number of rotatable bonds is 7. The summed E-state index contributed by atoms with van der Waals surface area (Å²) in [5.41, 5.74) is 0.838. The fourth-order valence-corrected chi connectivity index (χ4v) is 2.06. The van der Waals surface area contributed by atoms with Gasteiger partial charge in [0, 0.05) is 36.8 Å². The predicted molar refractivity (Wildman–Crippen MR) is 78.3 cm³/mol. The summed E-state index contributed by atoms with van der Waals surface area (Å²) < 4.78 is 5.56. The largest absolute Gasteiger partial charge is 0.421 e. The third-order valence-corrected chi connectivity index (χ3v) is 3.39. The number of carbonyl (C=O) groups excluding carboxylic acids is 1. The number of amides is 1. The van der Waals surface area contributed by atoms with Gasteiger partial charge in [-0.15, -0.1) is 10.2 Å². The van der Waals surface area contributed by atoms with Crippen molar-refractivity contribution >= 4 is 5.91 Å². The van der Waals surface area contributed by atoms with Crippen LogP contribution in [0.3, 0.4) is 0 Å². The highest BCUT2D eigenvalue weighted by atomic mass is 16.4. The van der Waals surface area contributed by atoms with Gasteiger partial charge in [-0.1, -0.05) is 13.8 Å². The van der Waals surface area contributed by atoms with E-state index in [1.807, 2.05) is 26.0 Å². The molecule has 21 heavy (non-hydrogen) atoms. The van der Waals surface area contributed by atoms with Crippen molar-refractivity contribution in [3.8, 4) is 11.5 Å². The smallest absolute Gasteiger partial charge is 0.247 e. The lowest BCUT2D eigenvalue weighted by atomic mass is 10.0. The van der Waals surface area contributed by atoms with Gasteiger partial charge in [0.15, 0.2) is 0 Å². The highest BCUT2D eigenvalue weighted by Gasteiger charge is 2.14. The SMILES string of the molecule is CCC(CC)C(=O)NCCc1nnc(-c2ccncc2)o1. The molecule has 2 rings (SSSR count). The molecular formula is C15H20N4O2. The standard InChI is InChI=1S/C15H20N4O2/c1-3-11(4-2)14(20)17-10-7-13-18-19-15(21-13)12-5-8-16-9-6-12/h5-6,8-9,11H,3-4,7,10H2,1-2H3,(H,17,20). The highest BCUT2D eigenvalue weighted by molar-refractivity contribution is 5.78. The summed E-state index contributed by atoms with van der Waals surface area (Å²) in [5, 5.41) is 10.9. The van der Waals surface area contributed by atoms with Crippen molar-refractivity contribution in [2.45, 2.75) is 33.1 Å². The number of nitrogens with zero attached hydrogens (tertiary/aromatic N) is 3. The first kappa shape index (κ1) is 15.2. The second kappa shape index (κ2) is 7.52. The molecule has 0 aliphatic rings. The fraction of sp³-hybridized carbons (Fsp3) is 0.467. The van der Waals surface area contributed by atoms with E-state index in [-0.39, 0.29) is 11.8 Å². The molecule has 0 saturated carbocycles. The van der Waals surface area contributed by atoms with E-state index < -0.39 is 0 Å². The molecule has 0 spiro atoms. The molecule has 6 nitrogen and oxygen atoms in total. The number of hydrogen-bond donors (Lipinski definition) is 1. The van der Waals surface area contributed by atoms with Gasteiger partial charge in [-0.2, -0.15) is 0 Å². The topological polar surface area (TPSA) is 80.9 Å². The number of pyridine rings is 1. The van der Waals surface area contributed by atoms with E-state index in [4.69, 9.17) is 4.42 Å². The monoisotopic (exact) mass is 288 g/mol. The molecule has 0 fully saturated rings. The Balaban J connectivity index is 1.85. The number of hydrogen-bond acceptors (Lipinski definition) is 5. The van der Waals surface area contributed by atoms with E-state index in [1.54, 1.807) is 12.4 Å². The van der Waals surface area contributed by atoms with Crippen LogP contribution in [0, 0.1) is 5.92 Å². The molecule has 1 amide bonds. The second-order valence-corrected chi connectivity index (χ2v) is 4.79. The first-order valence-corrected chi connectivity index (χ1v) is 7.25. The van der Waals surface area contributed by atoms with Gasteiger partial charge >= 0.3 is 0 Å². The third kappa shape index (κ3) is 4.11. The van der Waals surface area contributed by atoms with Gasteiger partial charge in [0.1, 0.15) is 0 Å². The molecule has 1 N–H and O–H groups in total. The Hall–Kier alpha value is -2.24. The van der Waals surface area contributed by atoms with E-state index in [0.717, 1.165) is 18.4 Å². The van der Waals surface area contributed by atoms with Crippen LogP contribution in [0.15, 0.2) is 28.9 Å². The van der Waals surface area contributed by atoms with Gasteiger partial charge in [0.05, 0.1) is 0 Å². The predicted octanol–water partition coefficient (Wildman–Crippen LogP) is 2.23. The molecule has 0 radical (unpaired) electrons. The normalized spacial score (nSPS) is 10.8. The summed E-state index contributed by atoms with van der Waals surface area (Å²) in [6.45, 7) is 4.55. The molecule has 0 bridgehead atoms. The lowest BCUT2D eigenvalue weighted by Crippen LogP contribution is -2.31. The molecule has 0 saturated heterocycles. The minimum Gasteiger partial charge on any atom is -0.421 e. The van der Waals surface area contributed by atoms with Crippen molar-refractivity contribution in [2.75, 3.05) is 6.54 Å². The van der Waals surface area contributed by atoms with Crippen LogP contribution in [0.4, 0.5) is 0 Å². The summed E-state index contributed by atoms with van der Waals surface area (Å²) >= 11 is 0. The van der Waals surface area contributed by atoms with Crippen molar-refractivity contribution in [3.63, 3.8) is 0 Å². The Bertz CT molecular complexity index is 564. The molecular weight excluding hydrogens is 268 g/mol.